The molecule has 3 heteroatoms. The Bertz CT molecular complexity index is 392. The zero-order valence-electron chi connectivity index (χ0n) is 6.13. The molecule has 0 spiro atoms. The molecule has 0 saturated heterocycles. The van der Waals surface area contributed by atoms with Gasteiger partial charge in [0, 0.05) is 4.47 Å². The van der Waals surface area contributed by atoms with Crippen LogP contribution in [-0.4, -0.2) is 5.10 Å². The molecule has 0 bridgehead atoms. The van der Waals surface area contributed by atoms with Crippen LogP contribution in [0.15, 0.2) is 28.9 Å². The first kappa shape index (κ1) is 6.85. The summed E-state index contributed by atoms with van der Waals surface area (Å²) in [5.74, 6) is 0. The third-order valence-electron chi connectivity index (χ3n) is 1.64. The normalized spacial score (nSPS) is 10.7. The van der Waals surface area contributed by atoms with Gasteiger partial charge in [0.15, 0.2) is 7.05 Å². The van der Waals surface area contributed by atoms with Gasteiger partial charge in [-0.2, -0.15) is 5.10 Å². The van der Waals surface area contributed by atoms with E-state index in [0.29, 0.717) is 0 Å². The maximum absolute atomic E-state index is 3.41. The molecule has 0 fully saturated rings. The molecule has 0 atom stereocenters. The standard InChI is InChI=1S/C8H7BrN2/c1-11-5-6-2-3-7(9)4-8(6)10-11/h2-5H,1H3/p+1. The lowest BCUT2D eigenvalue weighted by Gasteiger charge is -1.85. The molecule has 1 N–H and O–H groups in total. The second kappa shape index (κ2) is 2.34. The first-order chi connectivity index (χ1) is 5.25. The van der Waals surface area contributed by atoms with Crippen LogP contribution in [-0.2, 0) is 7.05 Å². The molecule has 1 aromatic heterocycles. The fourth-order valence-corrected chi connectivity index (χ4v) is 1.53. The summed E-state index contributed by atoms with van der Waals surface area (Å²) in [4.78, 5) is 0. The minimum Gasteiger partial charge on any atom is -0.165 e. The lowest BCUT2D eigenvalue weighted by atomic mass is 10.3. The van der Waals surface area contributed by atoms with Crippen LogP contribution in [0.1, 0.15) is 0 Å². The van der Waals surface area contributed by atoms with E-state index in [4.69, 9.17) is 0 Å². The van der Waals surface area contributed by atoms with Gasteiger partial charge in [0.2, 0.25) is 6.20 Å². The number of halogens is 1. The molecular weight excluding hydrogens is 204 g/mol. The molecule has 2 rings (SSSR count). The minimum atomic E-state index is 1.10. The predicted molar refractivity (Wildman–Crippen MR) is 47.2 cm³/mol. The van der Waals surface area contributed by atoms with E-state index in [2.05, 4.69) is 39.4 Å². The Morgan fingerprint density at radius 1 is 1.45 bits per heavy atom. The van der Waals surface area contributed by atoms with Crippen molar-refractivity contribution in [1.82, 2.24) is 5.10 Å². The van der Waals surface area contributed by atoms with Crippen molar-refractivity contribution in [2.45, 2.75) is 0 Å². The van der Waals surface area contributed by atoms with Crippen molar-refractivity contribution in [3.63, 3.8) is 0 Å². The van der Waals surface area contributed by atoms with E-state index in [9.17, 15) is 0 Å². The van der Waals surface area contributed by atoms with Gasteiger partial charge in [-0.25, -0.2) is 0 Å². The van der Waals surface area contributed by atoms with Crippen molar-refractivity contribution in [2.24, 2.45) is 7.05 Å². The van der Waals surface area contributed by atoms with E-state index >= 15 is 0 Å². The van der Waals surface area contributed by atoms with Gasteiger partial charge in [0.25, 0.3) is 0 Å². The SMILES string of the molecule is C[n+]1cc2ccc(Br)cc2[nH]1. The number of H-pyrrole nitrogens is 1. The van der Waals surface area contributed by atoms with E-state index in [1.54, 1.807) is 0 Å². The molecule has 2 nitrogen and oxygen atoms in total. The van der Waals surface area contributed by atoms with Gasteiger partial charge in [-0.05, 0) is 18.2 Å². The van der Waals surface area contributed by atoms with Gasteiger partial charge in [0.05, 0.1) is 5.39 Å². The number of nitrogens with zero attached hydrogens (tertiary/aromatic N) is 1. The number of benzene rings is 1. The van der Waals surface area contributed by atoms with E-state index in [-0.39, 0.29) is 0 Å². The fourth-order valence-electron chi connectivity index (χ4n) is 1.17. The molecule has 0 aliphatic carbocycles. The van der Waals surface area contributed by atoms with Crippen molar-refractivity contribution in [2.75, 3.05) is 0 Å². The van der Waals surface area contributed by atoms with Gasteiger partial charge in [-0.1, -0.05) is 15.9 Å². The van der Waals surface area contributed by atoms with Crippen molar-refractivity contribution >= 4 is 26.8 Å². The van der Waals surface area contributed by atoms with Gasteiger partial charge < -0.3 is 0 Å². The number of aryl methyl sites for hydroxylation is 1. The van der Waals surface area contributed by atoms with Crippen LogP contribution >= 0.6 is 15.9 Å². The zero-order valence-corrected chi connectivity index (χ0v) is 7.72. The summed E-state index contributed by atoms with van der Waals surface area (Å²) in [6, 6.07) is 6.18. The van der Waals surface area contributed by atoms with Gasteiger partial charge >= 0.3 is 0 Å². The summed E-state index contributed by atoms with van der Waals surface area (Å²) in [6.45, 7) is 0. The highest BCUT2D eigenvalue weighted by molar-refractivity contribution is 9.10. The summed E-state index contributed by atoms with van der Waals surface area (Å²) in [5.41, 5.74) is 1.15. The topological polar surface area (TPSA) is 19.7 Å². The molecular formula is C8H8BrN2+. The Hall–Kier alpha value is -0.830. The number of aromatic nitrogens is 2. The Balaban J connectivity index is 2.82. The van der Waals surface area contributed by atoms with Crippen LogP contribution in [0.5, 0.6) is 0 Å². The molecule has 1 heterocycles. The second-order valence-electron chi connectivity index (χ2n) is 2.58. The average molecular weight is 212 g/mol. The van der Waals surface area contributed by atoms with Gasteiger partial charge in [-0.15, -0.1) is 4.68 Å². The van der Waals surface area contributed by atoms with Gasteiger partial charge in [0.1, 0.15) is 5.52 Å². The number of nitrogens with one attached hydrogen (secondary N) is 1. The van der Waals surface area contributed by atoms with Crippen molar-refractivity contribution in [3.05, 3.63) is 28.9 Å². The first-order valence-electron chi connectivity index (χ1n) is 3.39. The van der Waals surface area contributed by atoms with Crippen molar-refractivity contribution < 1.29 is 4.68 Å². The summed E-state index contributed by atoms with van der Waals surface area (Å²) < 4.78 is 3.05. The van der Waals surface area contributed by atoms with Crippen molar-refractivity contribution in [1.29, 1.82) is 0 Å². The second-order valence-corrected chi connectivity index (χ2v) is 3.50. The Morgan fingerprint density at radius 3 is 3.09 bits per heavy atom. The van der Waals surface area contributed by atoms with Crippen LogP contribution in [0.25, 0.3) is 10.9 Å². The number of hydrogen-bond donors (Lipinski definition) is 1. The Labute approximate surface area is 73.0 Å². The maximum atomic E-state index is 3.41. The number of rotatable bonds is 0. The summed E-state index contributed by atoms with van der Waals surface area (Å²) >= 11 is 3.41. The average Bonchev–Trinajstić information content (AvgIpc) is 2.27. The van der Waals surface area contributed by atoms with Crippen molar-refractivity contribution in [3.8, 4) is 0 Å². The lowest BCUT2D eigenvalue weighted by molar-refractivity contribution is -0.724. The van der Waals surface area contributed by atoms with Crippen LogP contribution in [0.2, 0.25) is 0 Å². The molecule has 0 aliphatic heterocycles. The molecule has 11 heavy (non-hydrogen) atoms. The summed E-state index contributed by atoms with van der Waals surface area (Å²) in [7, 11) is 1.98. The van der Waals surface area contributed by atoms with Gasteiger partial charge in [-0.3, -0.25) is 0 Å². The van der Waals surface area contributed by atoms with E-state index < -0.39 is 0 Å². The molecule has 0 amide bonds. The fraction of sp³-hybridized carbons (Fsp3) is 0.125. The van der Waals surface area contributed by atoms with Crippen LogP contribution < -0.4 is 4.68 Å². The van der Waals surface area contributed by atoms with E-state index in [1.807, 2.05) is 17.8 Å². The molecule has 0 radical (unpaired) electrons. The quantitative estimate of drug-likeness (QED) is 0.642. The van der Waals surface area contributed by atoms with Crippen LogP contribution in [0.4, 0.5) is 0 Å². The summed E-state index contributed by atoms with van der Waals surface area (Å²) in [5, 5.41) is 4.42. The lowest BCUT2D eigenvalue weighted by Crippen LogP contribution is -2.27. The highest BCUT2D eigenvalue weighted by Crippen LogP contribution is 2.15. The summed E-state index contributed by atoms with van der Waals surface area (Å²) in [6.07, 6.45) is 2.06. The molecule has 1 aromatic carbocycles. The highest BCUT2D eigenvalue weighted by Gasteiger charge is 2.01. The molecule has 2 aromatic rings. The van der Waals surface area contributed by atoms with Crippen LogP contribution in [0.3, 0.4) is 0 Å². The molecule has 0 aliphatic rings. The largest absolute Gasteiger partial charge is 0.202 e. The number of aromatic amines is 1. The number of fused-ring (bicyclic) bond motifs is 1. The van der Waals surface area contributed by atoms with E-state index in [1.165, 1.54) is 5.39 Å². The third kappa shape index (κ3) is 1.16. The monoisotopic (exact) mass is 211 g/mol. The molecule has 0 unspecified atom stereocenters. The smallest absolute Gasteiger partial charge is 0.165 e. The first-order valence-corrected chi connectivity index (χ1v) is 4.19. The zero-order chi connectivity index (χ0) is 7.84. The third-order valence-corrected chi connectivity index (χ3v) is 2.14. The Morgan fingerprint density at radius 2 is 2.27 bits per heavy atom. The highest BCUT2D eigenvalue weighted by atomic mass is 79.9. The van der Waals surface area contributed by atoms with Crippen LogP contribution in [0, 0.1) is 0 Å². The Kier molecular flexibility index (Phi) is 1.46. The molecule has 56 valence electrons. The molecule has 0 saturated carbocycles. The maximum Gasteiger partial charge on any atom is 0.202 e. The van der Waals surface area contributed by atoms with E-state index in [0.717, 1.165) is 9.99 Å². The predicted octanol–water partition coefficient (Wildman–Crippen LogP) is 1.75. The number of hydrogen-bond acceptors (Lipinski definition) is 0. The minimum absolute atomic E-state index is 1.10.